The second-order valence-corrected chi connectivity index (χ2v) is 7.28. The molecule has 1 aromatic carbocycles. The van der Waals surface area contributed by atoms with Crippen LogP contribution in [0.2, 0.25) is 0 Å². The van der Waals surface area contributed by atoms with E-state index in [9.17, 15) is 22.4 Å². The predicted molar refractivity (Wildman–Crippen MR) is 106 cm³/mol. The topological polar surface area (TPSA) is 68.2 Å². The number of aromatic nitrogens is 3. The zero-order valence-corrected chi connectivity index (χ0v) is 16.7. The highest BCUT2D eigenvalue weighted by atomic mass is 19.4. The lowest BCUT2D eigenvalue weighted by atomic mass is 10.0. The van der Waals surface area contributed by atoms with Crippen LogP contribution in [0.15, 0.2) is 55.0 Å². The minimum Gasteiger partial charge on any atom is -0.472 e. The van der Waals surface area contributed by atoms with Gasteiger partial charge in [-0.05, 0) is 43.2 Å². The third kappa shape index (κ3) is 4.84. The summed E-state index contributed by atoms with van der Waals surface area (Å²) in [7, 11) is 0. The van der Waals surface area contributed by atoms with Gasteiger partial charge in [-0.3, -0.25) is 4.79 Å². The summed E-state index contributed by atoms with van der Waals surface area (Å²) >= 11 is 0. The summed E-state index contributed by atoms with van der Waals surface area (Å²) < 4.78 is 57.8. The van der Waals surface area contributed by atoms with Crippen LogP contribution in [0.25, 0.3) is 11.4 Å². The van der Waals surface area contributed by atoms with Gasteiger partial charge in [0.25, 0.3) is 5.91 Å². The molecule has 0 saturated carbocycles. The molecule has 1 fully saturated rings. The molecule has 1 aliphatic heterocycles. The maximum atomic E-state index is 13.9. The zero-order valence-electron chi connectivity index (χ0n) is 16.7. The normalized spacial score (nSPS) is 16.6. The van der Waals surface area contributed by atoms with Crippen molar-refractivity contribution >= 4 is 5.91 Å². The number of carbonyl (C=O) groups is 1. The number of ether oxygens (including phenoxy) is 1. The number of rotatable bonds is 4. The molecule has 0 bridgehead atoms. The minimum absolute atomic E-state index is 0.0430. The summed E-state index contributed by atoms with van der Waals surface area (Å²) in [6.45, 7) is 0.623. The average Bonchev–Trinajstić information content (AvgIpc) is 2.79. The molecule has 1 saturated heterocycles. The highest BCUT2D eigenvalue weighted by Crippen LogP contribution is 2.30. The lowest BCUT2D eigenvalue weighted by Gasteiger charge is -2.33. The van der Waals surface area contributed by atoms with Crippen molar-refractivity contribution < 1.29 is 27.1 Å². The SMILES string of the molecule is O=C(c1cc(F)ccc1-c1ncccn1)N1CCCC(Oc2ccc(C(F)(F)F)cn2)C1. The molecule has 3 aromatic rings. The van der Waals surface area contributed by atoms with Crippen molar-refractivity contribution in [2.24, 2.45) is 0 Å². The van der Waals surface area contributed by atoms with Crippen LogP contribution < -0.4 is 4.74 Å². The van der Waals surface area contributed by atoms with Crippen molar-refractivity contribution in [2.45, 2.75) is 25.1 Å². The molecule has 0 spiro atoms. The first kappa shape index (κ1) is 21.7. The number of halogens is 4. The third-order valence-electron chi connectivity index (χ3n) is 5.04. The molecule has 166 valence electrons. The Kier molecular flexibility index (Phi) is 6.02. The maximum absolute atomic E-state index is 13.9. The summed E-state index contributed by atoms with van der Waals surface area (Å²) in [5, 5.41) is 0. The lowest BCUT2D eigenvalue weighted by molar-refractivity contribution is -0.137. The van der Waals surface area contributed by atoms with E-state index in [0.717, 1.165) is 18.2 Å². The number of nitrogens with zero attached hydrogens (tertiary/aromatic N) is 4. The number of pyridine rings is 1. The predicted octanol–water partition coefficient (Wildman–Crippen LogP) is 4.38. The van der Waals surface area contributed by atoms with E-state index in [1.165, 1.54) is 29.4 Å². The molecule has 6 nitrogen and oxygen atoms in total. The van der Waals surface area contributed by atoms with Crippen LogP contribution in [-0.4, -0.2) is 45.0 Å². The van der Waals surface area contributed by atoms with Crippen molar-refractivity contribution in [1.82, 2.24) is 19.9 Å². The number of benzene rings is 1. The van der Waals surface area contributed by atoms with E-state index in [1.807, 2.05) is 0 Å². The van der Waals surface area contributed by atoms with Gasteiger partial charge in [0.2, 0.25) is 5.88 Å². The molecule has 0 radical (unpaired) electrons. The van der Waals surface area contributed by atoms with Gasteiger partial charge in [0.05, 0.1) is 17.7 Å². The van der Waals surface area contributed by atoms with Gasteiger partial charge < -0.3 is 9.64 Å². The first-order valence-electron chi connectivity index (χ1n) is 9.87. The van der Waals surface area contributed by atoms with E-state index >= 15 is 0 Å². The van der Waals surface area contributed by atoms with Crippen LogP contribution in [0.4, 0.5) is 17.6 Å². The highest BCUT2D eigenvalue weighted by molar-refractivity contribution is 6.00. The Bertz CT molecular complexity index is 1090. The molecule has 0 aliphatic carbocycles. The van der Waals surface area contributed by atoms with Crippen LogP contribution >= 0.6 is 0 Å². The summed E-state index contributed by atoms with van der Waals surface area (Å²) in [6, 6.07) is 7.53. The van der Waals surface area contributed by atoms with Gasteiger partial charge in [-0.15, -0.1) is 0 Å². The third-order valence-corrected chi connectivity index (χ3v) is 5.04. The Balaban J connectivity index is 1.50. The molecular formula is C22H18F4N4O2. The molecule has 2 aromatic heterocycles. The first-order chi connectivity index (χ1) is 15.3. The molecular weight excluding hydrogens is 428 g/mol. The quantitative estimate of drug-likeness (QED) is 0.557. The smallest absolute Gasteiger partial charge is 0.417 e. The van der Waals surface area contributed by atoms with Gasteiger partial charge in [-0.25, -0.2) is 19.3 Å². The van der Waals surface area contributed by atoms with Gasteiger partial charge in [-0.2, -0.15) is 13.2 Å². The standard InChI is InChI=1S/C22H18F4N4O2/c23-15-5-6-17(20-27-8-2-9-28-20)18(11-15)21(31)30-10-1-3-16(13-30)32-19-7-4-14(12-29-19)22(24,25)26/h2,4-9,11-12,16H,1,3,10,13H2. The summed E-state index contributed by atoms with van der Waals surface area (Å²) in [4.78, 5) is 26.7. The Morgan fingerprint density at radius 2 is 1.88 bits per heavy atom. The zero-order chi connectivity index (χ0) is 22.7. The van der Waals surface area contributed by atoms with Gasteiger partial charge >= 0.3 is 6.18 Å². The molecule has 1 aliphatic rings. The van der Waals surface area contributed by atoms with Gasteiger partial charge in [0.15, 0.2) is 5.82 Å². The Labute approximate surface area is 180 Å². The molecule has 32 heavy (non-hydrogen) atoms. The Hall–Kier alpha value is -3.56. The number of hydrogen-bond donors (Lipinski definition) is 0. The van der Waals surface area contributed by atoms with Crippen molar-refractivity contribution in [3.8, 4) is 17.3 Å². The van der Waals surface area contributed by atoms with Crippen LogP contribution in [0.5, 0.6) is 5.88 Å². The van der Waals surface area contributed by atoms with E-state index in [0.29, 0.717) is 37.0 Å². The number of amides is 1. The van der Waals surface area contributed by atoms with Gasteiger partial charge in [0, 0.05) is 36.8 Å². The first-order valence-corrected chi connectivity index (χ1v) is 9.87. The number of alkyl halides is 3. The van der Waals surface area contributed by atoms with Crippen molar-refractivity contribution in [1.29, 1.82) is 0 Å². The maximum Gasteiger partial charge on any atom is 0.417 e. The summed E-state index contributed by atoms with van der Waals surface area (Å²) in [5.74, 6) is -0.622. The summed E-state index contributed by atoms with van der Waals surface area (Å²) in [6.07, 6.45) is 0.0455. The van der Waals surface area contributed by atoms with Crippen molar-refractivity contribution in [2.75, 3.05) is 13.1 Å². The van der Waals surface area contributed by atoms with E-state index in [4.69, 9.17) is 4.74 Å². The average molecular weight is 446 g/mol. The lowest BCUT2D eigenvalue weighted by Crippen LogP contribution is -2.44. The van der Waals surface area contributed by atoms with Gasteiger partial charge in [0.1, 0.15) is 11.9 Å². The largest absolute Gasteiger partial charge is 0.472 e. The van der Waals surface area contributed by atoms with Crippen LogP contribution in [0.3, 0.4) is 0 Å². The molecule has 3 heterocycles. The number of carbonyl (C=O) groups excluding carboxylic acids is 1. The fourth-order valence-corrected chi connectivity index (χ4v) is 3.50. The van der Waals surface area contributed by atoms with Gasteiger partial charge in [-0.1, -0.05) is 0 Å². The number of hydrogen-bond acceptors (Lipinski definition) is 5. The molecule has 1 atom stereocenters. The van der Waals surface area contributed by atoms with Crippen LogP contribution in [-0.2, 0) is 6.18 Å². The molecule has 1 amide bonds. The number of piperidine rings is 1. The van der Waals surface area contributed by atoms with Crippen LogP contribution in [0, 0.1) is 5.82 Å². The van der Waals surface area contributed by atoms with Crippen molar-refractivity contribution in [3.05, 3.63) is 71.9 Å². The fraction of sp³-hybridized carbons (Fsp3) is 0.273. The van der Waals surface area contributed by atoms with Crippen LogP contribution in [0.1, 0.15) is 28.8 Å². The molecule has 4 rings (SSSR count). The van der Waals surface area contributed by atoms with Crippen molar-refractivity contribution in [3.63, 3.8) is 0 Å². The fourth-order valence-electron chi connectivity index (χ4n) is 3.50. The Morgan fingerprint density at radius 3 is 2.56 bits per heavy atom. The second-order valence-electron chi connectivity index (χ2n) is 7.28. The number of likely N-dealkylation sites (tertiary alicyclic amines) is 1. The highest BCUT2D eigenvalue weighted by Gasteiger charge is 2.31. The van der Waals surface area contributed by atoms with E-state index in [2.05, 4.69) is 15.0 Å². The monoisotopic (exact) mass is 446 g/mol. The minimum atomic E-state index is -4.48. The second kappa shape index (κ2) is 8.89. The molecule has 1 unspecified atom stereocenters. The van der Waals surface area contributed by atoms with E-state index < -0.39 is 29.6 Å². The summed E-state index contributed by atoms with van der Waals surface area (Å²) in [5.41, 5.74) is -0.332. The molecule has 10 heteroatoms. The van der Waals surface area contributed by atoms with E-state index in [1.54, 1.807) is 6.07 Å². The van der Waals surface area contributed by atoms with E-state index in [-0.39, 0.29) is 18.0 Å². The molecule has 0 N–H and O–H groups in total. The Morgan fingerprint density at radius 1 is 1.09 bits per heavy atom.